The van der Waals surface area contributed by atoms with E-state index in [2.05, 4.69) is 4.90 Å². The SMILES string of the molecule is C1CCC(N2CC[NH+](C3CCCCC3)C2)CC1.F[B-](F)(F)F. The van der Waals surface area contributed by atoms with E-state index < -0.39 is 7.25 Å². The zero-order valence-corrected chi connectivity index (χ0v) is 13.4. The Bertz CT molecular complexity index is 285. The Balaban J connectivity index is 0.000000309. The van der Waals surface area contributed by atoms with Crippen molar-refractivity contribution in [2.24, 2.45) is 0 Å². The van der Waals surface area contributed by atoms with Gasteiger partial charge < -0.3 is 22.2 Å². The number of rotatable bonds is 2. The third-order valence-electron chi connectivity index (χ3n) is 5.40. The molecule has 7 heteroatoms. The summed E-state index contributed by atoms with van der Waals surface area (Å²) < 4.78 is 39.0. The van der Waals surface area contributed by atoms with Crippen LogP contribution in [0.4, 0.5) is 17.3 Å². The maximum absolute atomic E-state index is 9.75. The minimum atomic E-state index is -6.00. The van der Waals surface area contributed by atoms with Crippen molar-refractivity contribution in [2.75, 3.05) is 19.8 Å². The van der Waals surface area contributed by atoms with Gasteiger partial charge in [0.25, 0.3) is 0 Å². The van der Waals surface area contributed by atoms with Crippen LogP contribution in [-0.2, 0) is 0 Å². The molecular weight excluding hydrogens is 295 g/mol. The second-order valence-corrected chi connectivity index (χ2v) is 7.00. The minimum absolute atomic E-state index is 0.949. The van der Waals surface area contributed by atoms with E-state index in [0.29, 0.717) is 0 Å². The monoisotopic (exact) mass is 324 g/mol. The van der Waals surface area contributed by atoms with Gasteiger partial charge in [-0.25, -0.2) is 4.90 Å². The smallest absolute Gasteiger partial charge is 0.418 e. The first kappa shape index (κ1) is 18.0. The third-order valence-corrected chi connectivity index (χ3v) is 5.40. The molecule has 0 aromatic carbocycles. The quantitative estimate of drug-likeness (QED) is 0.606. The van der Waals surface area contributed by atoms with Gasteiger partial charge in [0.2, 0.25) is 0 Å². The normalized spacial score (nSPS) is 29.2. The number of hydrogen-bond acceptors (Lipinski definition) is 1. The van der Waals surface area contributed by atoms with Crippen LogP contribution in [0.3, 0.4) is 0 Å². The Morgan fingerprint density at radius 2 is 1.27 bits per heavy atom. The predicted molar refractivity (Wildman–Crippen MR) is 81.3 cm³/mol. The second-order valence-electron chi connectivity index (χ2n) is 7.00. The van der Waals surface area contributed by atoms with Crippen LogP contribution in [0, 0.1) is 0 Å². The average Bonchev–Trinajstić information content (AvgIpc) is 2.97. The van der Waals surface area contributed by atoms with Crippen molar-refractivity contribution in [1.29, 1.82) is 0 Å². The summed E-state index contributed by atoms with van der Waals surface area (Å²) in [7, 11) is -6.00. The molecule has 0 aromatic rings. The lowest BCUT2D eigenvalue weighted by molar-refractivity contribution is -0.919. The maximum Gasteiger partial charge on any atom is 0.673 e. The Kier molecular flexibility index (Phi) is 7.00. The first-order chi connectivity index (χ1) is 10.4. The lowest BCUT2D eigenvalue weighted by Crippen LogP contribution is -3.14. The van der Waals surface area contributed by atoms with Crippen LogP contribution in [0.5, 0.6) is 0 Å². The molecule has 0 spiro atoms. The second kappa shape index (κ2) is 8.53. The number of nitrogens with one attached hydrogen (secondary N) is 1. The molecule has 2 saturated carbocycles. The zero-order chi connectivity index (χ0) is 16.0. The molecule has 3 aliphatic rings. The van der Waals surface area contributed by atoms with Gasteiger partial charge in [0, 0.05) is 6.04 Å². The van der Waals surface area contributed by atoms with Crippen molar-refractivity contribution in [3.8, 4) is 0 Å². The van der Waals surface area contributed by atoms with E-state index in [-0.39, 0.29) is 0 Å². The molecular formula is C15H29BF4N2. The van der Waals surface area contributed by atoms with E-state index in [1.165, 1.54) is 84.0 Å². The molecule has 3 rings (SSSR count). The summed E-state index contributed by atoms with van der Waals surface area (Å²) in [5, 5.41) is 0. The lowest BCUT2D eigenvalue weighted by Gasteiger charge is -2.31. The fraction of sp³-hybridized carbons (Fsp3) is 1.00. The van der Waals surface area contributed by atoms with Crippen molar-refractivity contribution < 1.29 is 22.2 Å². The fourth-order valence-corrected chi connectivity index (χ4v) is 4.31. The standard InChI is InChI=1S/C15H28N2.BF4/c1-3-7-14(8-4-1)16-11-12-17(13-16)15-9-5-2-6-10-15;2-1(3,4)5/h14-15H,1-13H2;/q;-1/p+1. The number of nitrogens with zero attached hydrogens (tertiary/aromatic N) is 1. The number of halogens is 4. The van der Waals surface area contributed by atoms with Crippen molar-refractivity contribution in [3.63, 3.8) is 0 Å². The molecule has 2 nitrogen and oxygen atoms in total. The van der Waals surface area contributed by atoms with Crippen molar-refractivity contribution in [1.82, 2.24) is 4.90 Å². The molecule has 0 aromatic heterocycles. The zero-order valence-electron chi connectivity index (χ0n) is 13.4. The van der Waals surface area contributed by atoms with Crippen LogP contribution in [0.25, 0.3) is 0 Å². The first-order valence-electron chi connectivity index (χ1n) is 8.89. The van der Waals surface area contributed by atoms with Gasteiger partial charge in [0.15, 0.2) is 0 Å². The van der Waals surface area contributed by atoms with Crippen LogP contribution in [-0.4, -0.2) is 44.0 Å². The molecule has 1 atom stereocenters. The molecule has 2 aliphatic carbocycles. The van der Waals surface area contributed by atoms with E-state index >= 15 is 0 Å². The first-order valence-corrected chi connectivity index (χ1v) is 8.89. The van der Waals surface area contributed by atoms with E-state index in [1.807, 2.05) is 4.90 Å². The molecule has 0 amide bonds. The molecule has 0 bridgehead atoms. The molecule has 1 heterocycles. The van der Waals surface area contributed by atoms with E-state index in [1.54, 1.807) is 0 Å². The summed E-state index contributed by atoms with van der Waals surface area (Å²) in [5.74, 6) is 0. The molecule has 1 aliphatic heterocycles. The highest BCUT2D eigenvalue weighted by molar-refractivity contribution is 6.50. The molecule has 1 saturated heterocycles. The molecule has 1 unspecified atom stereocenters. The summed E-state index contributed by atoms with van der Waals surface area (Å²) >= 11 is 0. The molecule has 1 N–H and O–H groups in total. The summed E-state index contributed by atoms with van der Waals surface area (Å²) in [6.07, 6.45) is 14.9. The van der Waals surface area contributed by atoms with Gasteiger partial charge in [0.05, 0.1) is 19.1 Å². The Morgan fingerprint density at radius 3 is 1.82 bits per heavy atom. The fourth-order valence-electron chi connectivity index (χ4n) is 4.31. The molecule has 3 fully saturated rings. The summed E-state index contributed by atoms with van der Waals surface area (Å²) in [6, 6.07) is 1.96. The number of quaternary nitrogens is 1. The highest BCUT2D eigenvalue weighted by Crippen LogP contribution is 2.23. The molecule has 130 valence electrons. The van der Waals surface area contributed by atoms with Crippen molar-refractivity contribution in [3.05, 3.63) is 0 Å². The van der Waals surface area contributed by atoms with E-state index in [9.17, 15) is 17.3 Å². The Hall–Kier alpha value is -0.295. The van der Waals surface area contributed by atoms with E-state index in [4.69, 9.17) is 0 Å². The van der Waals surface area contributed by atoms with Crippen LogP contribution < -0.4 is 4.90 Å². The molecule has 0 radical (unpaired) electrons. The van der Waals surface area contributed by atoms with Crippen LogP contribution in [0.1, 0.15) is 64.2 Å². The largest absolute Gasteiger partial charge is 0.673 e. The van der Waals surface area contributed by atoms with Crippen LogP contribution >= 0.6 is 0 Å². The topological polar surface area (TPSA) is 7.68 Å². The molecule has 22 heavy (non-hydrogen) atoms. The summed E-state index contributed by atoms with van der Waals surface area (Å²) in [6.45, 7) is 4.19. The van der Waals surface area contributed by atoms with Gasteiger partial charge >= 0.3 is 7.25 Å². The Labute approximate surface area is 131 Å². The summed E-state index contributed by atoms with van der Waals surface area (Å²) in [5.41, 5.74) is 0. The van der Waals surface area contributed by atoms with Gasteiger partial charge in [-0.3, -0.25) is 0 Å². The van der Waals surface area contributed by atoms with Crippen LogP contribution in [0.2, 0.25) is 0 Å². The van der Waals surface area contributed by atoms with Crippen molar-refractivity contribution in [2.45, 2.75) is 76.3 Å². The van der Waals surface area contributed by atoms with Crippen LogP contribution in [0.15, 0.2) is 0 Å². The lowest BCUT2D eigenvalue weighted by atomic mass is 9.94. The van der Waals surface area contributed by atoms with Gasteiger partial charge in [-0.05, 0) is 38.5 Å². The third kappa shape index (κ3) is 6.45. The predicted octanol–water partition coefficient (Wildman–Crippen LogP) is 3.11. The highest BCUT2D eigenvalue weighted by atomic mass is 19.5. The average molecular weight is 324 g/mol. The highest BCUT2D eigenvalue weighted by Gasteiger charge is 2.34. The number of hydrogen-bond donors (Lipinski definition) is 1. The van der Waals surface area contributed by atoms with Gasteiger partial charge in [-0.15, -0.1) is 0 Å². The van der Waals surface area contributed by atoms with Crippen molar-refractivity contribution >= 4 is 7.25 Å². The summed E-state index contributed by atoms with van der Waals surface area (Å²) in [4.78, 5) is 4.75. The van der Waals surface area contributed by atoms with Gasteiger partial charge in [0.1, 0.15) is 6.67 Å². The van der Waals surface area contributed by atoms with Gasteiger partial charge in [-0.2, -0.15) is 0 Å². The maximum atomic E-state index is 9.75. The Morgan fingerprint density at radius 1 is 0.773 bits per heavy atom. The van der Waals surface area contributed by atoms with Gasteiger partial charge in [-0.1, -0.05) is 25.7 Å². The van der Waals surface area contributed by atoms with E-state index in [0.717, 1.165) is 12.1 Å². The minimum Gasteiger partial charge on any atom is -0.418 e.